The van der Waals surface area contributed by atoms with E-state index < -0.39 is 15.5 Å². The SMILES string of the molecule is CCC[N+]1=C(C=CC=CC=CC=C2N(CC)c3ccc(C)cc3C2(C)C)C(C)(C)c2cc(S(=O)(=O)O)ccc21. The van der Waals surface area contributed by atoms with Crippen LogP contribution >= 0.6 is 0 Å². The minimum atomic E-state index is -4.26. The van der Waals surface area contributed by atoms with E-state index in [-0.39, 0.29) is 10.3 Å². The van der Waals surface area contributed by atoms with Crippen LogP contribution in [0, 0.1) is 6.92 Å². The Bertz CT molecular complexity index is 1540. The Morgan fingerprint density at radius 3 is 2.26 bits per heavy atom. The number of hydrogen-bond donors (Lipinski definition) is 1. The second-order valence-corrected chi connectivity index (χ2v) is 12.8. The summed E-state index contributed by atoms with van der Waals surface area (Å²) in [7, 11) is -4.26. The van der Waals surface area contributed by atoms with E-state index in [0.29, 0.717) is 0 Å². The number of benzene rings is 2. The van der Waals surface area contributed by atoms with E-state index in [0.717, 1.165) is 36.5 Å². The summed E-state index contributed by atoms with van der Waals surface area (Å²) >= 11 is 0. The average Bonchev–Trinajstić information content (AvgIpc) is 3.21. The van der Waals surface area contributed by atoms with Crippen LogP contribution in [0.15, 0.2) is 89.5 Å². The summed E-state index contributed by atoms with van der Waals surface area (Å²) in [6, 6.07) is 11.6. The molecule has 0 atom stereocenters. The second kappa shape index (κ2) is 10.7. The summed E-state index contributed by atoms with van der Waals surface area (Å²) in [5, 5.41) is 0. The maximum absolute atomic E-state index is 11.8. The monoisotopic (exact) mass is 545 g/mol. The third kappa shape index (κ3) is 5.32. The van der Waals surface area contributed by atoms with Gasteiger partial charge in [-0.2, -0.15) is 13.0 Å². The quantitative estimate of drug-likeness (QED) is 0.213. The number of anilines is 1. The van der Waals surface area contributed by atoms with Gasteiger partial charge in [-0.1, -0.05) is 68.8 Å². The predicted octanol–water partition coefficient (Wildman–Crippen LogP) is 7.40. The maximum atomic E-state index is 11.8. The van der Waals surface area contributed by atoms with Crippen LogP contribution in [0.3, 0.4) is 0 Å². The lowest BCUT2D eigenvalue weighted by Crippen LogP contribution is -2.27. The smallest absolute Gasteiger partial charge is 0.294 e. The second-order valence-electron chi connectivity index (χ2n) is 11.4. The molecule has 2 aliphatic heterocycles. The average molecular weight is 546 g/mol. The highest BCUT2D eigenvalue weighted by atomic mass is 32.2. The van der Waals surface area contributed by atoms with Crippen LogP contribution < -0.4 is 4.90 Å². The number of aryl methyl sites for hydroxylation is 1. The molecule has 39 heavy (non-hydrogen) atoms. The first-order valence-electron chi connectivity index (χ1n) is 13.7. The number of nitrogens with zero attached hydrogens (tertiary/aromatic N) is 2. The van der Waals surface area contributed by atoms with Gasteiger partial charge in [0.05, 0.1) is 10.3 Å². The molecule has 0 saturated carbocycles. The standard InChI is InChI=1S/C33H40N2O3S/c1-8-21-35-29-20-18-25(39(36,37)38)23-27(29)33(6,7)31(35)16-14-12-10-11-13-15-30-32(4,5)26-22-24(3)17-19-28(26)34(30)9-2/h10-20,22-23H,8-9,21H2,1-7H3/p+1. The Balaban J connectivity index is 1.55. The molecule has 0 bridgehead atoms. The zero-order chi connectivity index (χ0) is 28.6. The van der Waals surface area contributed by atoms with E-state index in [4.69, 9.17) is 0 Å². The lowest BCUT2D eigenvalue weighted by atomic mass is 9.81. The van der Waals surface area contributed by atoms with E-state index in [1.54, 1.807) is 12.1 Å². The molecule has 0 spiro atoms. The highest BCUT2D eigenvalue weighted by Crippen LogP contribution is 2.48. The summed E-state index contributed by atoms with van der Waals surface area (Å²) in [6.45, 7) is 17.0. The molecule has 0 unspecified atom stereocenters. The van der Waals surface area contributed by atoms with Gasteiger partial charge in [0.15, 0.2) is 5.71 Å². The highest BCUT2D eigenvalue weighted by molar-refractivity contribution is 7.85. The molecule has 0 fully saturated rings. The zero-order valence-corrected chi connectivity index (χ0v) is 25.0. The zero-order valence-electron chi connectivity index (χ0n) is 24.2. The molecule has 2 aromatic rings. The van der Waals surface area contributed by atoms with Gasteiger partial charge < -0.3 is 4.90 Å². The molecule has 1 N–H and O–H groups in total. The van der Waals surface area contributed by atoms with Gasteiger partial charge in [0.2, 0.25) is 5.69 Å². The summed E-state index contributed by atoms with van der Waals surface area (Å²) in [5.41, 5.74) is 7.78. The van der Waals surface area contributed by atoms with Crippen molar-refractivity contribution in [1.82, 2.24) is 0 Å². The highest BCUT2D eigenvalue weighted by Gasteiger charge is 2.44. The Kier molecular flexibility index (Phi) is 7.93. The number of likely N-dealkylation sites (N-methyl/N-ethyl adjacent to an activating group) is 1. The van der Waals surface area contributed by atoms with Crippen molar-refractivity contribution < 1.29 is 17.5 Å². The number of allylic oxidation sites excluding steroid dienone is 8. The lowest BCUT2D eigenvalue weighted by Gasteiger charge is -2.25. The van der Waals surface area contributed by atoms with Gasteiger partial charge in [0, 0.05) is 47.5 Å². The molecule has 0 radical (unpaired) electrons. The van der Waals surface area contributed by atoms with Crippen molar-refractivity contribution in [1.29, 1.82) is 0 Å². The molecule has 6 heteroatoms. The van der Waals surface area contributed by atoms with Crippen molar-refractivity contribution in [3.63, 3.8) is 0 Å². The van der Waals surface area contributed by atoms with Crippen LogP contribution in [-0.4, -0.2) is 36.3 Å². The molecule has 206 valence electrons. The number of hydrogen-bond acceptors (Lipinski definition) is 3. The van der Waals surface area contributed by atoms with Crippen molar-refractivity contribution in [2.75, 3.05) is 18.0 Å². The van der Waals surface area contributed by atoms with Crippen LogP contribution in [0.2, 0.25) is 0 Å². The van der Waals surface area contributed by atoms with E-state index >= 15 is 0 Å². The Morgan fingerprint density at radius 2 is 1.59 bits per heavy atom. The van der Waals surface area contributed by atoms with E-state index in [2.05, 4.69) is 100 Å². The first-order chi connectivity index (χ1) is 18.3. The van der Waals surface area contributed by atoms with E-state index in [1.807, 2.05) is 18.2 Å². The molecule has 0 aromatic heterocycles. The third-order valence-electron chi connectivity index (χ3n) is 7.92. The molecule has 0 amide bonds. The fourth-order valence-corrected chi connectivity index (χ4v) is 6.40. The lowest BCUT2D eigenvalue weighted by molar-refractivity contribution is -0.437. The molecule has 2 aromatic carbocycles. The normalized spacial score (nSPS) is 19.3. The van der Waals surface area contributed by atoms with Crippen LogP contribution in [0.5, 0.6) is 0 Å². The molecule has 5 nitrogen and oxygen atoms in total. The van der Waals surface area contributed by atoms with Crippen LogP contribution in [0.1, 0.15) is 64.7 Å². The molecular formula is C33H41N2O3S+. The summed E-state index contributed by atoms with van der Waals surface area (Å²) in [4.78, 5) is 2.33. The van der Waals surface area contributed by atoms with Gasteiger partial charge in [-0.3, -0.25) is 4.55 Å². The molecule has 2 aliphatic rings. The summed E-state index contributed by atoms with van der Waals surface area (Å²) < 4.78 is 35.3. The molecule has 2 heterocycles. The van der Waals surface area contributed by atoms with Crippen LogP contribution in [-0.2, 0) is 20.9 Å². The molecule has 4 rings (SSSR count). The maximum Gasteiger partial charge on any atom is 0.294 e. The molecule has 0 aliphatic carbocycles. The number of fused-ring (bicyclic) bond motifs is 2. The van der Waals surface area contributed by atoms with Gasteiger partial charge in [0.1, 0.15) is 6.54 Å². The van der Waals surface area contributed by atoms with Gasteiger partial charge >= 0.3 is 0 Å². The third-order valence-corrected chi connectivity index (χ3v) is 8.77. The van der Waals surface area contributed by atoms with Crippen LogP contribution in [0.4, 0.5) is 11.4 Å². The Labute approximate surface area is 234 Å². The fraction of sp³-hybridized carbons (Fsp3) is 0.364. The largest absolute Gasteiger partial charge is 0.344 e. The minimum Gasteiger partial charge on any atom is -0.344 e. The molecular weight excluding hydrogens is 504 g/mol. The first-order valence-corrected chi connectivity index (χ1v) is 15.2. The van der Waals surface area contributed by atoms with E-state index in [1.165, 1.54) is 28.6 Å². The van der Waals surface area contributed by atoms with Crippen molar-refractivity contribution in [2.24, 2.45) is 0 Å². The summed E-state index contributed by atoms with van der Waals surface area (Å²) in [5.74, 6) is 0. The van der Waals surface area contributed by atoms with Gasteiger partial charge in [0.25, 0.3) is 10.1 Å². The Hall–Kier alpha value is -3.22. The predicted molar refractivity (Wildman–Crippen MR) is 162 cm³/mol. The minimum absolute atomic E-state index is 0.0526. The topological polar surface area (TPSA) is 60.6 Å². The first kappa shape index (κ1) is 28.8. The Morgan fingerprint density at radius 1 is 0.897 bits per heavy atom. The van der Waals surface area contributed by atoms with Gasteiger partial charge in [-0.25, -0.2) is 0 Å². The number of rotatable bonds is 8. The fourth-order valence-electron chi connectivity index (χ4n) is 5.90. The summed E-state index contributed by atoms with van der Waals surface area (Å²) in [6.07, 6.45) is 15.5. The van der Waals surface area contributed by atoms with Crippen LogP contribution in [0.25, 0.3) is 0 Å². The van der Waals surface area contributed by atoms with Crippen molar-refractivity contribution in [2.45, 2.75) is 70.6 Å². The van der Waals surface area contributed by atoms with Gasteiger partial charge in [-0.15, -0.1) is 0 Å². The van der Waals surface area contributed by atoms with Crippen molar-refractivity contribution >= 4 is 27.2 Å². The van der Waals surface area contributed by atoms with Crippen molar-refractivity contribution in [3.8, 4) is 0 Å². The van der Waals surface area contributed by atoms with Crippen molar-refractivity contribution in [3.05, 3.63) is 101 Å². The van der Waals surface area contributed by atoms with E-state index in [9.17, 15) is 13.0 Å². The van der Waals surface area contributed by atoms with Gasteiger partial charge in [-0.05, 0) is 57.5 Å². The molecule has 0 saturated heterocycles.